The zero-order valence-electron chi connectivity index (χ0n) is 16.1. The topological polar surface area (TPSA) is 85.9 Å². The van der Waals surface area contributed by atoms with Crippen LogP contribution in [-0.4, -0.2) is 51.8 Å². The maximum absolute atomic E-state index is 13.1. The number of nitrogens with zero attached hydrogens (tertiary/aromatic N) is 3. The molecule has 0 saturated carbocycles. The third-order valence-corrected chi connectivity index (χ3v) is 5.93. The van der Waals surface area contributed by atoms with Crippen molar-refractivity contribution in [2.24, 2.45) is 0 Å². The molecule has 0 aliphatic carbocycles. The van der Waals surface area contributed by atoms with Crippen molar-refractivity contribution < 1.29 is 4.79 Å². The fourth-order valence-corrected chi connectivity index (χ4v) is 4.35. The molecular formula is C22H24N6O. The summed E-state index contributed by atoms with van der Waals surface area (Å²) < 4.78 is 0. The second kappa shape index (κ2) is 7.67. The quantitative estimate of drug-likeness (QED) is 0.643. The smallest absolute Gasteiger partial charge is 0.317 e. The normalized spacial score (nSPS) is 21.0. The van der Waals surface area contributed by atoms with Gasteiger partial charge in [-0.1, -0.05) is 30.3 Å². The van der Waals surface area contributed by atoms with E-state index in [1.807, 2.05) is 23.1 Å². The number of hydrogen-bond acceptors (Lipinski definition) is 4. The molecule has 0 radical (unpaired) electrons. The average Bonchev–Trinajstić information content (AvgIpc) is 3.41. The van der Waals surface area contributed by atoms with E-state index >= 15 is 0 Å². The van der Waals surface area contributed by atoms with Gasteiger partial charge in [0.05, 0.1) is 18.3 Å². The van der Waals surface area contributed by atoms with Gasteiger partial charge in [0.25, 0.3) is 0 Å². The predicted molar refractivity (Wildman–Crippen MR) is 110 cm³/mol. The summed E-state index contributed by atoms with van der Waals surface area (Å²) in [5.74, 6) is 0.293. The minimum atomic E-state index is -0.00726. The summed E-state index contributed by atoms with van der Waals surface area (Å²) in [6.07, 6.45) is 4.31. The zero-order valence-corrected chi connectivity index (χ0v) is 16.1. The highest BCUT2D eigenvalue weighted by Gasteiger charge is 2.32. The zero-order chi connectivity index (χ0) is 19.6. The fourth-order valence-electron chi connectivity index (χ4n) is 4.35. The first kappa shape index (κ1) is 17.9. The molecule has 4 heterocycles. The highest BCUT2D eigenvalue weighted by Crippen LogP contribution is 2.28. The van der Waals surface area contributed by atoms with E-state index in [0.29, 0.717) is 19.0 Å². The molecule has 2 aliphatic heterocycles. The number of nitrogens with one attached hydrogen (secondary N) is 3. The lowest BCUT2D eigenvalue weighted by Gasteiger charge is -2.30. The van der Waals surface area contributed by atoms with Crippen molar-refractivity contribution >= 4 is 6.03 Å². The number of aromatic amines is 1. The Kier molecular flexibility index (Phi) is 4.73. The van der Waals surface area contributed by atoms with Gasteiger partial charge in [-0.05, 0) is 17.7 Å². The lowest BCUT2D eigenvalue weighted by atomic mass is 9.94. The molecule has 0 spiro atoms. The average molecular weight is 388 g/mol. The molecule has 29 heavy (non-hydrogen) atoms. The highest BCUT2D eigenvalue weighted by atomic mass is 16.2. The molecule has 7 heteroatoms. The number of rotatable bonds is 3. The van der Waals surface area contributed by atoms with E-state index in [1.54, 1.807) is 12.4 Å². The summed E-state index contributed by atoms with van der Waals surface area (Å²) in [5.41, 5.74) is 5.40. The minimum absolute atomic E-state index is 0.00726. The van der Waals surface area contributed by atoms with Gasteiger partial charge in [-0.25, -0.2) is 4.79 Å². The summed E-state index contributed by atoms with van der Waals surface area (Å²) in [6.45, 7) is 2.92. The third kappa shape index (κ3) is 3.49. The van der Waals surface area contributed by atoms with Crippen molar-refractivity contribution in [2.75, 3.05) is 19.6 Å². The molecule has 2 amide bonds. The first-order valence-electron chi connectivity index (χ1n) is 10.1. The molecule has 0 unspecified atom stereocenters. The number of amides is 2. The van der Waals surface area contributed by atoms with Gasteiger partial charge in [-0.2, -0.15) is 5.10 Å². The van der Waals surface area contributed by atoms with E-state index in [4.69, 9.17) is 0 Å². The van der Waals surface area contributed by atoms with Crippen molar-refractivity contribution in [3.63, 3.8) is 0 Å². The molecule has 1 saturated heterocycles. The van der Waals surface area contributed by atoms with Crippen molar-refractivity contribution in [1.29, 1.82) is 0 Å². The number of hydrogen-bond donors (Lipinski definition) is 3. The molecule has 5 rings (SSSR count). The lowest BCUT2D eigenvalue weighted by molar-refractivity contribution is 0.188. The van der Waals surface area contributed by atoms with Crippen molar-refractivity contribution in [1.82, 2.24) is 30.7 Å². The van der Waals surface area contributed by atoms with Gasteiger partial charge in [-0.3, -0.25) is 10.1 Å². The van der Waals surface area contributed by atoms with Gasteiger partial charge in [0, 0.05) is 61.2 Å². The molecule has 0 bridgehead atoms. The summed E-state index contributed by atoms with van der Waals surface area (Å²) in [4.78, 5) is 19.0. The van der Waals surface area contributed by atoms with Gasteiger partial charge in [0.1, 0.15) is 0 Å². The number of carbonyl (C=O) groups is 1. The second-order valence-corrected chi connectivity index (χ2v) is 7.67. The number of benzene rings is 1. The number of aromatic nitrogens is 3. The Labute approximate surface area is 169 Å². The van der Waals surface area contributed by atoms with Crippen LogP contribution in [0.5, 0.6) is 0 Å². The molecular weight excluding hydrogens is 364 g/mol. The van der Waals surface area contributed by atoms with Crippen LogP contribution in [0.4, 0.5) is 4.79 Å². The van der Waals surface area contributed by atoms with Crippen LogP contribution < -0.4 is 10.6 Å². The summed E-state index contributed by atoms with van der Waals surface area (Å²) in [6, 6.07) is 14.4. The molecule has 2 atom stereocenters. The van der Waals surface area contributed by atoms with E-state index in [0.717, 1.165) is 42.0 Å². The largest absolute Gasteiger partial charge is 0.333 e. The molecule has 1 aromatic carbocycles. The van der Waals surface area contributed by atoms with E-state index in [-0.39, 0.29) is 12.1 Å². The summed E-state index contributed by atoms with van der Waals surface area (Å²) in [7, 11) is 0. The van der Waals surface area contributed by atoms with Crippen LogP contribution in [0.1, 0.15) is 22.7 Å². The van der Waals surface area contributed by atoms with Crippen LogP contribution in [0.2, 0.25) is 0 Å². The number of pyridine rings is 1. The van der Waals surface area contributed by atoms with Crippen LogP contribution in [0, 0.1) is 0 Å². The van der Waals surface area contributed by atoms with E-state index in [9.17, 15) is 4.79 Å². The Bertz CT molecular complexity index is 987. The van der Waals surface area contributed by atoms with Crippen LogP contribution in [-0.2, 0) is 13.0 Å². The standard InChI is InChI=1S/C22H24N6O/c29-22(25-20-13-24-12-17(20)15-4-2-1-3-5-15)28-11-8-19-18(14-28)21(27-26-19)16-6-9-23-10-7-16/h1-7,9-10,17,20,24H,8,11-14H2,(H,25,29)(H,26,27)/t17-,20+/m1/s1. The second-order valence-electron chi connectivity index (χ2n) is 7.67. The molecule has 2 aromatic heterocycles. The highest BCUT2D eigenvalue weighted by molar-refractivity contribution is 5.76. The molecule has 2 aliphatic rings. The Morgan fingerprint density at radius 2 is 1.93 bits per heavy atom. The first-order chi connectivity index (χ1) is 14.3. The van der Waals surface area contributed by atoms with Crippen molar-refractivity contribution in [3.8, 4) is 11.3 Å². The van der Waals surface area contributed by atoms with Gasteiger partial charge in [-0.15, -0.1) is 0 Å². The Hall–Kier alpha value is -3.19. The molecule has 148 valence electrons. The lowest BCUT2D eigenvalue weighted by Crippen LogP contribution is -2.48. The van der Waals surface area contributed by atoms with E-state index in [1.165, 1.54) is 5.56 Å². The fraction of sp³-hybridized carbons (Fsp3) is 0.318. The monoisotopic (exact) mass is 388 g/mol. The van der Waals surface area contributed by atoms with Crippen LogP contribution in [0.25, 0.3) is 11.3 Å². The van der Waals surface area contributed by atoms with E-state index < -0.39 is 0 Å². The van der Waals surface area contributed by atoms with E-state index in [2.05, 4.69) is 50.1 Å². The molecule has 1 fully saturated rings. The maximum atomic E-state index is 13.1. The Morgan fingerprint density at radius 3 is 2.76 bits per heavy atom. The van der Waals surface area contributed by atoms with Gasteiger partial charge in [0.15, 0.2) is 0 Å². The SMILES string of the molecule is O=C(N[C@H]1CNC[C@@H]1c1ccccc1)N1CCc2[nH]nc(-c3ccncc3)c2C1. The van der Waals surface area contributed by atoms with Crippen molar-refractivity contribution in [2.45, 2.75) is 24.9 Å². The summed E-state index contributed by atoms with van der Waals surface area (Å²) in [5, 5.41) is 14.3. The molecule has 3 aromatic rings. The van der Waals surface area contributed by atoms with Gasteiger partial charge < -0.3 is 15.5 Å². The van der Waals surface area contributed by atoms with Crippen LogP contribution in [0.3, 0.4) is 0 Å². The minimum Gasteiger partial charge on any atom is -0.333 e. The third-order valence-electron chi connectivity index (χ3n) is 5.93. The van der Waals surface area contributed by atoms with Gasteiger partial charge >= 0.3 is 6.03 Å². The maximum Gasteiger partial charge on any atom is 0.317 e. The number of carbonyl (C=O) groups excluding carboxylic acids is 1. The van der Waals surface area contributed by atoms with Crippen LogP contribution >= 0.6 is 0 Å². The number of fused-ring (bicyclic) bond motifs is 1. The Balaban J connectivity index is 1.31. The van der Waals surface area contributed by atoms with Crippen molar-refractivity contribution in [3.05, 3.63) is 71.7 Å². The molecule has 3 N–H and O–H groups in total. The van der Waals surface area contributed by atoms with Gasteiger partial charge in [0.2, 0.25) is 0 Å². The Morgan fingerprint density at radius 1 is 1.10 bits per heavy atom. The predicted octanol–water partition coefficient (Wildman–Crippen LogP) is 2.29. The molecule has 7 nitrogen and oxygen atoms in total. The number of H-pyrrole nitrogens is 1. The first-order valence-corrected chi connectivity index (χ1v) is 10.1. The number of urea groups is 1. The summed E-state index contributed by atoms with van der Waals surface area (Å²) >= 11 is 0. The van der Waals surface area contributed by atoms with Crippen LogP contribution in [0.15, 0.2) is 54.9 Å².